The Bertz CT molecular complexity index is 1070. The summed E-state index contributed by atoms with van der Waals surface area (Å²) in [5.74, 6) is -0.772. The van der Waals surface area contributed by atoms with Gasteiger partial charge in [0.05, 0.1) is 5.92 Å². The van der Waals surface area contributed by atoms with Crippen LogP contribution in [0, 0.1) is 12.8 Å². The van der Waals surface area contributed by atoms with Crippen molar-refractivity contribution in [3.63, 3.8) is 0 Å². The number of carbonyl (C=O) groups is 2. The molecule has 0 radical (unpaired) electrons. The van der Waals surface area contributed by atoms with Gasteiger partial charge in [-0.05, 0) is 56.4 Å². The molecule has 2 amide bonds. The number of aromatic amines is 1. The second kappa shape index (κ2) is 8.84. The van der Waals surface area contributed by atoms with E-state index in [1.54, 1.807) is 4.90 Å². The van der Waals surface area contributed by atoms with E-state index in [4.69, 9.17) is 0 Å². The number of H-pyrrole nitrogens is 1. The van der Waals surface area contributed by atoms with Crippen molar-refractivity contribution < 1.29 is 18.0 Å². The second-order valence-electron chi connectivity index (χ2n) is 8.31. The van der Waals surface area contributed by atoms with Gasteiger partial charge in [-0.25, -0.2) is 8.42 Å². The van der Waals surface area contributed by atoms with Crippen molar-refractivity contribution in [1.82, 2.24) is 14.2 Å². The molecule has 1 unspecified atom stereocenters. The van der Waals surface area contributed by atoms with E-state index < -0.39 is 15.9 Å². The van der Waals surface area contributed by atoms with E-state index in [2.05, 4.69) is 10.3 Å². The lowest BCUT2D eigenvalue weighted by Gasteiger charge is -2.31. The number of hydrogen-bond donors (Lipinski definition) is 2. The predicted molar refractivity (Wildman–Crippen MR) is 117 cm³/mol. The third-order valence-corrected chi connectivity index (χ3v) is 7.80. The molecule has 1 atom stereocenters. The average Bonchev–Trinajstić information content (AvgIpc) is 3.46. The molecule has 0 saturated carbocycles. The van der Waals surface area contributed by atoms with Crippen LogP contribution in [0.4, 0.5) is 5.69 Å². The number of carbonyl (C=O) groups excluding carboxylic acids is 2. The molecule has 2 aromatic rings. The van der Waals surface area contributed by atoms with Crippen molar-refractivity contribution in [2.75, 3.05) is 31.5 Å². The largest absolute Gasteiger partial charge is 0.356 e. The molecule has 0 spiro atoms. The first kappa shape index (κ1) is 21.6. The zero-order chi connectivity index (χ0) is 22.0. The number of hydrogen-bond acceptors (Lipinski definition) is 4. The van der Waals surface area contributed by atoms with E-state index in [1.807, 2.05) is 31.2 Å². The van der Waals surface area contributed by atoms with Crippen molar-refractivity contribution in [2.24, 2.45) is 5.92 Å². The molecule has 1 aromatic heterocycles. The molecule has 2 aliphatic heterocycles. The third-order valence-electron chi connectivity index (χ3n) is 5.96. The van der Waals surface area contributed by atoms with E-state index in [0.717, 1.165) is 18.4 Å². The predicted octanol–water partition coefficient (Wildman–Crippen LogP) is 2.60. The van der Waals surface area contributed by atoms with Crippen LogP contribution in [0.25, 0.3) is 0 Å². The lowest BCUT2D eigenvalue weighted by atomic mass is 9.98. The average molecular weight is 445 g/mol. The van der Waals surface area contributed by atoms with E-state index in [0.29, 0.717) is 38.2 Å². The van der Waals surface area contributed by atoms with Crippen molar-refractivity contribution in [2.45, 2.75) is 37.5 Å². The van der Waals surface area contributed by atoms with Gasteiger partial charge in [-0.1, -0.05) is 12.1 Å². The summed E-state index contributed by atoms with van der Waals surface area (Å²) in [6.07, 6.45) is 4.55. The molecular formula is C22H28N4O4S. The summed E-state index contributed by atoms with van der Waals surface area (Å²) < 4.78 is 27.7. The number of aromatic nitrogens is 1. The Labute approximate surface area is 182 Å². The zero-order valence-corrected chi connectivity index (χ0v) is 18.5. The SMILES string of the molecule is Cc1cccc(NC(=O)C2CCCN(S(=O)(=O)c3c[nH]c(C(=O)N4CCCC4)c3)C2)c1. The number of amides is 2. The number of likely N-dealkylation sites (tertiary alicyclic amines) is 1. The van der Waals surface area contributed by atoms with Crippen LogP contribution >= 0.6 is 0 Å². The highest BCUT2D eigenvalue weighted by Gasteiger charge is 2.34. The summed E-state index contributed by atoms with van der Waals surface area (Å²) in [4.78, 5) is 29.9. The third kappa shape index (κ3) is 4.67. The van der Waals surface area contributed by atoms with Gasteiger partial charge in [0.25, 0.3) is 5.91 Å². The summed E-state index contributed by atoms with van der Waals surface area (Å²) in [5.41, 5.74) is 2.03. The highest BCUT2D eigenvalue weighted by molar-refractivity contribution is 7.89. The van der Waals surface area contributed by atoms with Gasteiger partial charge in [0.1, 0.15) is 10.6 Å². The first-order chi connectivity index (χ1) is 14.8. The summed E-state index contributed by atoms with van der Waals surface area (Å²) >= 11 is 0. The molecule has 9 heteroatoms. The molecule has 2 saturated heterocycles. The fourth-order valence-corrected chi connectivity index (χ4v) is 5.75. The van der Waals surface area contributed by atoms with Crippen LogP contribution < -0.4 is 5.32 Å². The van der Waals surface area contributed by atoms with Crippen LogP contribution in [-0.2, 0) is 14.8 Å². The number of benzene rings is 1. The zero-order valence-electron chi connectivity index (χ0n) is 17.6. The van der Waals surface area contributed by atoms with Crippen molar-refractivity contribution in [1.29, 1.82) is 0 Å². The Morgan fingerprint density at radius 3 is 2.61 bits per heavy atom. The number of rotatable bonds is 5. The maximum absolute atomic E-state index is 13.2. The number of nitrogens with zero attached hydrogens (tertiary/aromatic N) is 2. The van der Waals surface area contributed by atoms with Crippen molar-refractivity contribution in [3.05, 3.63) is 47.8 Å². The van der Waals surface area contributed by atoms with Crippen molar-refractivity contribution >= 4 is 27.5 Å². The van der Waals surface area contributed by atoms with E-state index >= 15 is 0 Å². The highest BCUT2D eigenvalue weighted by atomic mass is 32.2. The Hall–Kier alpha value is -2.65. The number of anilines is 1. The molecule has 0 aliphatic carbocycles. The Kier molecular flexibility index (Phi) is 6.15. The van der Waals surface area contributed by atoms with Gasteiger partial charge in [-0.15, -0.1) is 0 Å². The minimum atomic E-state index is -3.79. The molecule has 2 N–H and O–H groups in total. The van der Waals surface area contributed by atoms with Crippen LogP contribution in [0.2, 0.25) is 0 Å². The number of piperidine rings is 1. The topological polar surface area (TPSA) is 103 Å². The molecular weight excluding hydrogens is 416 g/mol. The first-order valence-electron chi connectivity index (χ1n) is 10.7. The Morgan fingerprint density at radius 1 is 1.10 bits per heavy atom. The van der Waals surface area contributed by atoms with Crippen LogP contribution in [0.1, 0.15) is 41.7 Å². The van der Waals surface area contributed by atoms with E-state index in [1.165, 1.54) is 16.6 Å². The molecule has 3 heterocycles. The monoisotopic (exact) mass is 444 g/mol. The maximum Gasteiger partial charge on any atom is 0.270 e. The van der Waals surface area contributed by atoms with Crippen LogP contribution in [0.3, 0.4) is 0 Å². The van der Waals surface area contributed by atoms with Crippen LogP contribution in [-0.4, -0.2) is 60.6 Å². The molecule has 166 valence electrons. The fourth-order valence-electron chi connectivity index (χ4n) is 4.23. The minimum Gasteiger partial charge on any atom is -0.356 e. The van der Waals surface area contributed by atoms with Gasteiger partial charge in [0, 0.05) is 38.1 Å². The number of nitrogens with one attached hydrogen (secondary N) is 2. The second-order valence-corrected chi connectivity index (χ2v) is 10.2. The van der Waals surface area contributed by atoms with Crippen molar-refractivity contribution in [3.8, 4) is 0 Å². The molecule has 8 nitrogen and oxygen atoms in total. The normalized spacial score (nSPS) is 20.0. The Morgan fingerprint density at radius 2 is 1.87 bits per heavy atom. The fraction of sp³-hybridized carbons (Fsp3) is 0.455. The van der Waals surface area contributed by atoms with Gasteiger partial charge < -0.3 is 15.2 Å². The summed E-state index contributed by atoms with van der Waals surface area (Å²) in [7, 11) is -3.79. The molecule has 2 aliphatic rings. The number of aryl methyl sites for hydroxylation is 1. The van der Waals surface area contributed by atoms with Gasteiger partial charge in [0.15, 0.2) is 0 Å². The summed E-state index contributed by atoms with van der Waals surface area (Å²) in [6, 6.07) is 8.93. The van der Waals surface area contributed by atoms with Gasteiger partial charge in [-0.3, -0.25) is 9.59 Å². The maximum atomic E-state index is 13.2. The summed E-state index contributed by atoms with van der Waals surface area (Å²) in [6.45, 7) is 3.83. The van der Waals surface area contributed by atoms with Gasteiger partial charge in [0.2, 0.25) is 15.9 Å². The standard InChI is InChI=1S/C22H28N4O4S/c1-16-6-4-8-18(12-16)24-21(27)17-7-5-11-26(15-17)31(29,30)19-13-20(23-14-19)22(28)25-9-2-3-10-25/h4,6,8,12-14,17,23H,2-3,5,7,9-11,15H2,1H3,(H,24,27). The summed E-state index contributed by atoms with van der Waals surface area (Å²) in [5, 5.41) is 2.90. The van der Waals surface area contributed by atoms with E-state index in [-0.39, 0.29) is 28.9 Å². The lowest BCUT2D eigenvalue weighted by Crippen LogP contribution is -2.43. The Balaban J connectivity index is 1.44. The minimum absolute atomic E-state index is 0.0646. The van der Waals surface area contributed by atoms with Gasteiger partial charge >= 0.3 is 0 Å². The lowest BCUT2D eigenvalue weighted by molar-refractivity contribution is -0.120. The number of sulfonamides is 1. The van der Waals surface area contributed by atoms with E-state index in [9.17, 15) is 18.0 Å². The van der Waals surface area contributed by atoms with Crippen LogP contribution in [0.15, 0.2) is 41.4 Å². The molecule has 31 heavy (non-hydrogen) atoms. The molecule has 2 fully saturated rings. The molecule has 0 bridgehead atoms. The molecule has 4 rings (SSSR count). The smallest absolute Gasteiger partial charge is 0.270 e. The highest BCUT2D eigenvalue weighted by Crippen LogP contribution is 2.26. The molecule has 1 aromatic carbocycles. The van der Waals surface area contributed by atoms with Gasteiger partial charge in [-0.2, -0.15) is 4.31 Å². The first-order valence-corrected chi connectivity index (χ1v) is 12.1. The quantitative estimate of drug-likeness (QED) is 0.740. The van der Waals surface area contributed by atoms with Crippen LogP contribution in [0.5, 0.6) is 0 Å².